The number of allylic oxidation sites excluding steroid dienone is 3. The molecule has 0 aromatic heterocycles. The quantitative estimate of drug-likeness (QED) is 0.134. The number of esters is 1. The van der Waals surface area contributed by atoms with Gasteiger partial charge in [-0.15, -0.1) is 0 Å². The summed E-state index contributed by atoms with van der Waals surface area (Å²) in [6.07, 6.45) is -0.424. The van der Waals surface area contributed by atoms with Crippen LogP contribution in [-0.4, -0.2) is 57.6 Å². The molecule has 0 aliphatic carbocycles. The van der Waals surface area contributed by atoms with Crippen molar-refractivity contribution >= 4 is 19.3 Å². The van der Waals surface area contributed by atoms with Crippen LogP contribution in [-0.2, 0) is 32.6 Å². The molecule has 0 radical (unpaired) electrons. The summed E-state index contributed by atoms with van der Waals surface area (Å²) < 4.78 is 41.3. The summed E-state index contributed by atoms with van der Waals surface area (Å²) >= 11 is 0. The van der Waals surface area contributed by atoms with Gasteiger partial charge in [-0.3, -0.25) is 14.7 Å². The van der Waals surface area contributed by atoms with Crippen molar-refractivity contribution in [3.05, 3.63) is 62.2 Å². The third kappa shape index (κ3) is 7.22. The van der Waals surface area contributed by atoms with E-state index in [4.69, 9.17) is 23.3 Å². The van der Waals surface area contributed by atoms with Crippen LogP contribution >= 0.6 is 7.60 Å². The maximum Gasteiger partial charge on any atom is 0.360 e. The molecular formula is C23H33N2O9P. The molecule has 0 saturated heterocycles. The summed E-state index contributed by atoms with van der Waals surface area (Å²) in [5.74, 6) is -1.63. The van der Waals surface area contributed by atoms with Gasteiger partial charge in [0.15, 0.2) is 0 Å². The first-order valence-corrected chi connectivity index (χ1v) is 12.6. The van der Waals surface area contributed by atoms with Gasteiger partial charge in [-0.05, 0) is 33.3 Å². The minimum absolute atomic E-state index is 0.0479. The second-order valence-electron chi connectivity index (χ2n) is 8.06. The van der Waals surface area contributed by atoms with E-state index in [1.165, 1.54) is 32.4 Å². The molecule has 1 N–H and O–H groups in total. The summed E-state index contributed by atoms with van der Waals surface area (Å²) in [5, 5.41) is 14.7. The van der Waals surface area contributed by atoms with E-state index in [1.54, 1.807) is 33.8 Å². The largest absolute Gasteiger partial charge is 0.460 e. The molecule has 1 heterocycles. The Morgan fingerprint density at radius 2 is 1.69 bits per heavy atom. The van der Waals surface area contributed by atoms with Crippen molar-refractivity contribution in [3.63, 3.8) is 0 Å². The summed E-state index contributed by atoms with van der Waals surface area (Å²) in [5.41, 5.74) is 1.26. The van der Waals surface area contributed by atoms with E-state index in [0.717, 1.165) is 0 Å². The number of carbonyl (C=O) groups excluding carboxylic acids is 1. The Balaban J connectivity index is 2.74. The predicted octanol–water partition coefficient (Wildman–Crippen LogP) is 4.26. The molecule has 1 aliphatic heterocycles. The first-order valence-electron chi connectivity index (χ1n) is 11.1. The lowest BCUT2D eigenvalue weighted by atomic mass is 9.86. The molecule has 1 aliphatic rings. The highest BCUT2D eigenvalue weighted by atomic mass is 31.2. The lowest BCUT2D eigenvalue weighted by molar-refractivity contribution is -0.384. The number of methoxy groups -OCH3 is 2. The Hall–Kier alpha value is -2.56. The zero-order chi connectivity index (χ0) is 26.2. The van der Waals surface area contributed by atoms with Gasteiger partial charge in [0.2, 0.25) is 0 Å². The van der Waals surface area contributed by atoms with Crippen molar-refractivity contribution < 1.29 is 37.5 Å². The smallest absolute Gasteiger partial charge is 0.360 e. The minimum Gasteiger partial charge on any atom is -0.460 e. The fraction of sp³-hybridized carbons (Fsp3) is 0.522. The van der Waals surface area contributed by atoms with Crippen molar-refractivity contribution in [3.8, 4) is 0 Å². The lowest BCUT2D eigenvalue weighted by Crippen LogP contribution is -2.30. The fourth-order valence-electron chi connectivity index (χ4n) is 3.69. The van der Waals surface area contributed by atoms with Gasteiger partial charge >= 0.3 is 13.6 Å². The summed E-state index contributed by atoms with van der Waals surface area (Å²) in [6.45, 7) is 6.99. The zero-order valence-electron chi connectivity index (χ0n) is 20.9. The average Bonchev–Trinajstić information content (AvgIpc) is 2.78. The van der Waals surface area contributed by atoms with E-state index >= 15 is 0 Å². The molecule has 194 valence electrons. The average molecular weight is 512 g/mol. The maximum absolute atomic E-state index is 14.3. The van der Waals surface area contributed by atoms with Crippen molar-refractivity contribution in [2.75, 3.05) is 40.6 Å². The van der Waals surface area contributed by atoms with Crippen LogP contribution in [0.2, 0.25) is 0 Å². The number of hydrogen-bond donors (Lipinski definition) is 1. The number of dihydropyridines is 1. The molecule has 1 aromatic carbocycles. The monoisotopic (exact) mass is 512 g/mol. The molecule has 0 amide bonds. The van der Waals surface area contributed by atoms with Gasteiger partial charge in [-0.1, -0.05) is 12.1 Å². The number of nitrogens with one attached hydrogen (secondary N) is 1. The number of ether oxygens (including phenoxy) is 3. The van der Waals surface area contributed by atoms with E-state index in [1.807, 2.05) is 0 Å². The molecule has 2 rings (SSSR count). The number of nitro groups is 1. The normalized spacial score (nSPS) is 16.5. The van der Waals surface area contributed by atoms with Gasteiger partial charge in [0.25, 0.3) is 5.69 Å². The fourth-order valence-corrected chi connectivity index (χ4v) is 5.74. The highest BCUT2D eigenvalue weighted by Gasteiger charge is 2.45. The zero-order valence-corrected chi connectivity index (χ0v) is 21.8. The first kappa shape index (κ1) is 28.7. The second-order valence-corrected chi connectivity index (χ2v) is 10.1. The lowest BCUT2D eigenvalue weighted by Gasteiger charge is -2.34. The molecule has 1 unspecified atom stereocenters. The third-order valence-electron chi connectivity index (χ3n) is 5.09. The summed E-state index contributed by atoms with van der Waals surface area (Å²) in [4.78, 5) is 24.2. The SMILES string of the molecule is COCCOP(=O)(OCCOC)C1=C(C)NC(C)=C(C(=O)OC(C)C)C1c1cccc([N+](=O)[O-])c1. The van der Waals surface area contributed by atoms with Gasteiger partial charge in [0.1, 0.15) is 0 Å². The van der Waals surface area contributed by atoms with Crippen LogP contribution in [0.25, 0.3) is 0 Å². The number of rotatable bonds is 13. The van der Waals surface area contributed by atoms with Crippen LogP contribution in [0.1, 0.15) is 39.2 Å². The first-order chi connectivity index (χ1) is 16.6. The molecule has 35 heavy (non-hydrogen) atoms. The Morgan fingerprint density at radius 3 is 2.20 bits per heavy atom. The van der Waals surface area contributed by atoms with Crippen molar-refractivity contribution in [2.45, 2.75) is 39.7 Å². The maximum atomic E-state index is 14.3. The Labute approximate surface area is 205 Å². The highest BCUT2D eigenvalue weighted by molar-refractivity contribution is 7.58. The predicted molar refractivity (Wildman–Crippen MR) is 129 cm³/mol. The van der Waals surface area contributed by atoms with Crippen molar-refractivity contribution in [2.24, 2.45) is 0 Å². The van der Waals surface area contributed by atoms with E-state index in [-0.39, 0.29) is 43.0 Å². The topological polar surface area (TPSA) is 135 Å². The Morgan fingerprint density at radius 1 is 1.09 bits per heavy atom. The van der Waals surface area contributed by atoms with Crippen molar-refractivity contribution in [1.82, 2.24) is 5.32 Å². The van der Waals surface area contributed by atoms with Gasteiger partial charge in [0, 0.05) is 37.7 Å². The van der Waals surface area contributed by atoms with Crippen LogP contribution in [0.3, 0.4) is 0 Å². The second kappa shape index (κ2) is 12.9. The molecule has 1 aromatic rings. The Bertz CT molecular complexity index is 1020. The van der Waals surface area contributed by atoms with Gasteiger partial charge in [0.05, 0.1) is 54.3 Å². The molecule has 11 nitrogen and oxygen atoms in total. The van der Waals surface area contributed by atoms with Gasteiger partial charge in [-0.2, -0.15) is 0 Å². The molecule has 0 saturated carbocycles. The number of nitro benzene ring substituents is 1. The molecule has 0 fully saturated rings. The van der Waals surface area contributed by atoms with E-state index in [9.17, 15) is 19.5 Å². The van der Waals surface area contributed by atoms with Crippen molar-refractivity contribution in [1.29, 1.82) is 0 Å². The number of non-ortho nitro benzene ring substituents is 1. The number of benzene rings is 1. The molecular weight excluding hydrogens is 479 g/mol. The molecule has 1 atom stereocenters. The van der Waals surface area contributed by atoms with Crippen LogP contribution in [0.15, 0.2) is 46.5 Å². The summed E-state index contributed by atoms with van der Waals surface area (Å²) in [6, 6.07) is 5.81. The van der Waals surface area contributed by atoms with Crippen LogP contribution < -0.4 is 5.32 Å². The van der Waals surface area contributed by atoms with Crippen LogP contribution in [0.4, 0.5) is 5.69 Å². The van der Waals surface area contributed by atoms with Crippen LogP contribution in [0, 0.1) is 10.1 Å². The van der Waals surface area contributed by atoms with E-state index < -0.39 is 30.5 Å². The van der Waals surface area contributed by atoms with Gasteiger partial charge in [-0.25, -0.2) is 4.79 Å². The molecule has 0 spiro atoms. The van der Waals surface area contributed by atoms with Crippen LogP contribution in [0.5, 0.6) is 0 Å². The number of carbonyl (C=O) groups is 1. The Kier molecular flexibility index (Phi) is 10.6. The third-order valence-corrected chi connectivity index (χ3v) is 7.32. The van der Waals surface area contributed by atoms with E-state index in [2.05, 4.69) is 5.32 Å². The summed E-state index contributed by atoms with van der Waals surface area (Å²) in [7, 11) is -1.11. The molecule has 0 bridgehead atoms. The van der Waals surface area contributed by atoms with E-state index in [0.29, 0.717) is 17.0 Å². The standard InChI is InChI=1S/C23H33N2O9P/c1-15(2)34-23(26)20-16(3)24-17(4)22(21(20)18-8-7-9-19(14-18)25(27)28)35(29,32-12-10-30-5)33-13-11-31-6/h7-9,14-15,21,24H,10-13H2,1-6H3. The number of hydrogen-bond acceptors (Lipinski definition) is 10. The number of nitrogens with zero attached hydrogens (tertiary/aromatic N) is 1. The molecule has 12 heteroatoms. The minimum atomic E-state index is -4.06. The highest BCUT2D eigenvalue weighted by Crippen LogP contribution is 2.64. The van der Waals surface area contributed by atoms with Gasteiger partial charge < -0.3 is 28.6 Å².